The van der Waals surface area contributed by atoms with E-state index in [-0.39, 0.29) is 18.2 Å². The lowest BCUT2D eigenvalue weighted by Gasteiger charge is -2.15. The summed E-state index contributed by atoms with van der Waals surface area (Å²) >= 11 is 3.25. The molecule has 0 aromatic carbocycles. The molecule has 0 radical (unpaired) electrons. The van der Waals surface area contributed by atoms with Gasteiger partial charge in [0.05, 0.1) is 18.4 Å². The van der Waals surface area contributed by atoms with Crippen LogP contribution in [0.25, 0.3) is 0 Å². The van der Waals surface area contributed by atoms with Crippen LogP contribution in [0.5, 0.6) is 0 Å². The molecule has 1 atom stereocenters. The molecule has 0 saturated carbocycles. The van der Waals surface area contributed by atoms with Crippen LogP contribution in [0.1, 0.15) is 13.3 Å². The molecular weight excluding hydrogens is 286 g/mol. The van der Waals surface area contributed by atoms with Gasteiger partial charge in [0, 0.05) is 12.6 Å². The molecule has 0 amide bonds. The third-order valence-electron chi connectivity index (χ3n) is 2.25. The molecule has 1 aromatic heterocycles. The van der Waals surface area contributed by atoms with Crippen LogP contribution in [0.15, 0.2) is 28.1 Å². The lowest BCUT2D eigenvalue weighted by molar-refractivity contribution is 0.282. The van der Waals surface area contributed by atoms with Crippen LogP contribution in [-0.4, -0.2) is 27.5 Å². The second-order valence-electron chi connectivity index (χ2n) is 3.71. The van der Waals surface area contributed by atoms with E-state index in [1.54, 1.807) is 12.3 Å². The van der Waals surface area contributed by atoms with Crippen molar-refractivity contribution in [3.8, 4) is 0 Å². The van der Waals surface area contributed by atoms with E-state index in [1.807, 2.05) is 6.92 Å². The number of allylic oxidation sites excluding steroid dienone is 1. The summed E-state index contributed by atoms with van der Waals surface area (Å²) in [6.07, 6.45) is 3.81. The standard InChI is InChI=1S/C11H16BrN3O2/c1-3-5-15-11(17)10(12)9(7-13-15)14-8(2)4-6-16/h3,7-8,14,16H,1,4-6H2,2H3. The number of aliphatic hydroxyl groups is 1. The number of nitrogens with one attached hydrogen (secondary N) is 1. The fourth-order valence-electron chi connectivity index (χ4n) is 1.35. The highest BCUT2D eigenvalue weighted by molar-refractivity contribution is 9.10. The van der Waals surface area contributed by atoms with Crippen LogP contribution in [-0.2, 0) is 6.54 Å². The van der Waals surface area contributed by atoms with Gasteiger partial charge in [-0.05, 0) is 29.3 Å². The smallest absolute Gasteiger partial charge is 0.283 e. The van der Waals surface area contributed by atoms with E-state index in [0.717, 1.165) is 0 Å². The van der Waals surface area contributed by atoms with Crippen LogP contribution in [0.3, 0.4) is 0 Å². The summed E-state index contributed by atoms with van der Waals surface area (Å²) in [6, 6.07) is 0.0766. The van der Waals surface area contributed by atoms with Gasteiger partial charge in [0.1, 0.15) is 4.47 Å². The summed E-state index contributed by atoms with van der Waals surface area (Å²) in [5, 5.41) is 15.9. The summed E-state index contributed by atoms with van der Waals surface area (Å²) in [7, 11) is 0. The number of aliphatic hydroxyl groups excluding tert-OH is 1. The Morgan fingerprint density at radius 3 is 3.06 bits per heavy atom. The maximum absolute atomic E-state index is 11.8. The third-order valence-corrected chi connectivity index (χ3v) is 3.02. The average molecular weight is 302 g/mol. The first-order valence-corrected chi connectivity index (χ1v) is 6.13. The van der Waals surface area contributed by atoms with Gasteiger partial charge >= 0.3 is 0 Å². The molecule has 17 heavy (non-hydrogen) atoms. The van der Waals surface area contributed by atoms with Gasteiger partial charge in [0.15, 0.2) is 0 Å². The highest BCUT2D eigenvalue weighted by Crippen LogP contribution is 2.17. The predicted octanol–water partition coefficient (Wildman–Crippen LogP) is 1.37. The van der Waals surface area contributed by atoms with E-state index in [0.29, 0.717) is 23.1 Å². The zero-order valence-electron chi connectivity index (χ0n) is 9.69. The van der Waals surface area contributed by atoms with Crippen molar-refractivity contribution >= 4 is 21.6 Å². The molecule has 1 heterocycles. The summed E-state index contributed by atoms with van der Waals surface area (Å²) in [6.45, 7) is 5.97. The second kappa shape index (κ2) is 6.56. The number of hydrogen-bond acceptors (Lipinski definition) is 4. The van der Waals surface area contributed by atoms with Gasteiger partial charge in [-0.25, -0.2) is 4.68 Å². The predicted molar refractivity (Wildman–Crippen MR) is 71.2 cm³/mol. The molecule has 1 aromatic rings. The fraction of sp³-hybridized carbons (Fsp3) is 0.455. The van der Waals surface area contributed by atoms with Gasteiger partial charge in [-0.2, -0.15) is 5.10 Å². The van der Waals surface area contributed by atoms with Gasteiger partial charge in [-0.1, -0.05) is 6.08 Å². The molecule has 0 aliphatic heterocycles. The SMILES string of the molecule is C=CCn1ncc(NC(C)CCO)c(Br)c1=O. The van der Waals surface area contributed by atoms with Gasteiger partial charge in [-0.3, -0.25) is 4.79 Å². The van der Waals surface area contributed by atoms with Crippen molar-refractivity contribution in [3.05, 3.63) is 33.7 Å². The minimum Gasteiger partial charge on any atom is -0.396 e. The number of anilines is 1. The minimum absolute atomic E-state index is 0.0766. The zero-order chi connectivity index (χ0) is 12.8. The van der Waals surface area contributed by atoms with Crippen LogP contribution in [0, 0.1) is 0 Å². The van der Waals surface area contributed by atoms with Gasteiger partial charge in [0.25, 0.3) is 5.56 Å². The molecule has 2 N–H and O–H groups in total. The van der Waals surface area contributed by atoms with Crippen molar-refractivity contribution in [1.29, 1.82) is 0 Å². The van der Waals surface area contributed by atoms with Crippen LogP contribution < -0.4 is 10.9 Å². The topological polar surface area (TPSA) is 67.2 Å². The maximum atomic E-state index is 11.8. The summed E-state index contributed by atoms with van der Waals surface area (Å²) in [4.78, 5) is 11.8. The Balaban J connectivity index is 2.92. The second-order valence-corrected chi connectivity index (χ2v) is 4.50. The van der Waals surface area contributed by atoms with E-state index in [4.69, 9.17) is 5.11 Å². The Morgan fingerprint density at radius 1 is 1.76 bits per heavy atom. The van der Waals surface area contributed by atoms with Crippen molar-refractivity contribution < 1.29 is 5.11 Å². The Kier molecular flexibility index (Phi) is 5.37. The Hall–Kier alpha value is -1.14. The zero-order valence-corrected chi connectivity index (χ0v) is 11.3. The molecule has 0 aliphatic rings. The average Bonchev–Trinajstić information content (AvgIpc) is 2.29. The summed E-state index contributed by atoms with van der Waals surface area (Å²) in [5.41, 5.74) is 0.433. The van der Waals surface area contributed by atoms with Crippen LogP contribution in [0.4, 0.5) is 5.69 Å². The number of hydrogen-bond donors (Lipinski definition) is 2. The van der Waals surface area contributed by atoms with E-state index < -0.39 is 0 Å². The first kappa shape index (κ1) is 13.9. The lowest BCUT2D eigenvalue weighted by atomic mass is 10.2. The van der Waals surface area contributed by atoms with E-state index in [9.17, 15) is 4.79 Å². The molecule has 0 bridgehead atoms. The highest BCUT2D eigenvalue weighted by Gasteiger charge is 2.10. The van der Waals surface area contributed by atoms with Crippen molar-refractivity contribution in [3.63, 3.8) is 0 Å². The van der Waals surface area contributed by atoms with Crippen molar-refractivity contribution in [1.82, 2.24) is 9.78 Å². The molecular formula is C11H16BrN3O2. The Morgan fingerprint density at radius 2 is 2.47 bits per heavy atom. The largest absolute Gasteiger partial charge is 0.396 e. The minimum atomic E-state index is -0.203. The molecule has 1 rings (SSSR count). The van der Waals surface area contributed by atoms with Crippen molar-refractivity contribution in [2.45, 2.75) is 25.9 Å². The third kappa shape index (κ3) is 3.67. The van der Waals surface area contributed by atoms with E-state index in [2.05, 4.69) is 32.9 Å². The summed E-state index contributed by atoms with van der Waals surface area (Å²) < 4.78 is 1.76. The van der Waals surface area contributed by atoms with Crippen molar-refractivity contribution in [2.75, 3.05) is 11.9 Å². The normalized spacial score (nSPS) is 12.2. The maximum Gasteiger partial charge on any atom is 0.283 e. The molecule has 0 fully saturated rings. The molecule has 1 unspecified atom stereocenters. The monoisotopic (exact) mass is 301 g/mol. The number of halogens is 1. The molecule has 6 heteroatoms. The number of aromatic nitrogens is 2. The van der Waals surface area contributed by atoms with E-state index in [1.165, 1.54) is 4.68 Å². The van der Waals surface area contributed by atoms with Gasteiger partial charge < -0.3 is 10.4 Å². The first-order chi connectivity index (χ1) is 8.10. The Labute approximate surface area is 108 Å². The lowest BCUT2D eigenvalue weighted by Crippen LogP contribution is -2.26. The highest BCUT2D eigenvalue weighted by atomic mass is 79.9. The molecule has 94 valence electrons. The van der Waals surface area contributed by atoms with Crippen molar-refractivity contribution in [2.24, 2.45) is 0 Å². The first-order valence-electron chi connectivity index (χ1n) is 5.34. The Bertz CT molecular complexity index is 445. The molecule has 0 saturated heterocycles. The van der Waals surface area contributed by atoms with Crippen LogP contribution >= 0.6 is 15.9 Å². The number of nitrogens with zero attached hydrogens (tertiary/aromatic N) is 2. The fourth-order valence-corrected chi connectivity index (χ4v) is 1.77. The number of rotatable bonds is 6. The summed E-state index contributed by atoms with van der Waals surface area (Å²) in [5.74, 6) is 0. The molecule has 0 aliphatic carbocycles. The molecule has 0 spiro atoms. The van der Waals surface area contributed by atoms with E-state index >= 15 is 0 Å². The van der Waals surface area contributed by atoms with Gasteiger partial charge in [-0.15, -0.1) is 6.58 Å². The quantitative estimate of drug-likeness (QED) is 0.779. The van der Waals surface area contributed by atoms with Gasteiger partial charge in [0.2, 0.25) is 0 Å². The van der Waals surface area contributed by atoms with Crippen LogP contribution in [0.2, 0.25) is 0 Å². The molecule has 5 nitrogen and oxygen atoms in total.